The van der Waals surface area contributed by atoms with E-state index in [9.17, 15) is 19.2 Å². The molecule has 11 heteroatoms. The number of nitrogens with zero attached hydrogens (tertiary/aromatic N) is 6. The number of nitrogens with one attached hydrogen (secondary N) is 1. The van der Waals surface area contributed by atoms with Crippen LogP contribution in [0, 0.1) is 0 Å². The summed E-state index contributed by atoms with van der Waals surface area (Å²) >= 11 is 0. The van der Waals surface area contributed by atoms with Gasteiger partial charge in [-0.3, -0.25) is 29.4 Å². The molecule has 0 spiro atoms. The second kappa shape index (κ2) is 8.56. The monoisotopic (exact) mass is 479 g/mol. The SMILES string of the molecule is CCN(C)C1(C)CCN(C(=O)c2cn(-c3ccc4c(c3)CN(C3CCC(=O)NC3=O)C4=O)nn2)C1. The number of hydrogen-bond donors (Lipinski definition) is 1. The number of amides is 4. The molecule has 35 heavy (non-hydrogen) atoms. The van der Waals surface area contributed by atoms with Gasteiger partial charge in [0.25, 0.3) is 11.8 Å². The number of carbonyl (C=O) groups excluding carboxylic acids is 4. The van der Waals surface area contributed by atoms with E-state index in [-0.39, 0.29) is 41.9 Å². The van der Waals surface area contributed by atoms with Gasteiger partial charge < -0.3 is 9.80 Å². The molecule has 2 saturated heterocycles. The zero-order valence-corrected chi connectivity index (χ0v) is 20.2. The molecule has 2 atom stereocenters. The van der Waals surface area contributed by atoms with Crippen LogP contribution in [0.15, 0.2) is 24.4 Å². The van der Waals surface area contributed by atoms with Gasteiger partial charge in [-0.2, -0.15) is 0 Å². The highest BCUT2D eigenvalue weighted by atomic mass is 16.2. The van der Waals surface area contributed by atoms with E-state index in [4.69, 9.17) is 0 Å². The molecule has 2 unspecified atom stereocenters. The third-order valence-electron chi connectivity index (χ3n) is 7.62. The minimum absolute atomic E-state index is 0.0542. The van der Waals surface area contributed by atoms with E-state index in [1.54, 1.807) is 18.3 Å². The van der Waals surface area contributed by atoms with Crippen molar-refractivity contribution in [1.29, 1.82) is 0 Å². The summed E-state index contributed by atoms with van der Waals surface area (Å²) in [6, 6.07) is 4.61. The lowest BCUT2D eigenvalue weighted by atomic mass is 10.00. The average molecular weight is 480 g/mol. The number of benzene rings is 1. The van der Waals surface area contributed by atoms with Crippen LogP contribution in [-0.2, 0) is 16.1 Å². The van der Waals surface area contributed by atoms with Crippen LogP contribution in [0.1, 0.15) is 59.5 Å². The Hall–Kier alpha value is -3.60. The number of imide groups is 1. The van der Waals surface area contributed by atoms with E-state index in [0.29, 0.717) is 30.8 Å². The molecule has 4 amide bonds. The van der Waals surface area contributed by atoms with E-state index < -0.39 is 11.9 Å². The second-order valence-electron chi connectivity index (χ2n) is 9.78. The normalized spacial score (nSPS) is 24.3. The third kappa shape index (κ3) is 3.99. The molecule has 4 heterocycles. The largest absolute Gasteiger partial charge is 0.335 e. The van der Waals surface area contributed by atoms with Crippen molar-refractivity contribution < 1.29 is 19.2 Å². The number of aromatic nitrogens is 3. The molecule has 184 valence electrons. The Labute approximate surface area is 203 Å². The van der Waals surface area contributed by atoms with Crippen molar-refractivity contribution in [2.75, 3.05) is 26.7 Å². The molecule has 1 N–H and O–H groups in total. The first-order chi connectivity index (χ1) is 16.7. The van der Waals surface area contributed by atoms with E-state index in [0.717, 1.165) is 18.5 Å². The van der Waals surface area contributed by atoms with Gasteiger partial charge in [0.15, 0.2) is 5.69 Å². The maximum Gasteiger partial charge on any atom is 0.276 e. The van der Waals surface area contributed by atoms with Crippen molar-refractivity contribution in [3.05, 3.63) is 41.2 Å². The molecule has 2 fully saturated rings. The van der Waals surface area contributed by atoms with Gasteiger partial charge in [-0.1, -0.05) is 12.1 Å². The zero-order chi connectivity index (χ0) is 24.9. The van der Waals surface area contributed by atoms with Crippen molar-refractivity contribution >= 4 is 23.6 Å². The van der Waals surface area contributed by atoms with Crippen LogP contribution in [0.2, 0.25) is 0 Å². The van der Waals surface area contributed by atoms with Crippen molar-refractivity contribution in [1.82, 2.24) is 35.0 Å². The van der Waals surface area contributed by atoms with Crippen LogP contribution in [0.4, 0.5) is 0 Å². The predicted octanol–water partition coefficient (Wildman–Crippen LogP) is 0.585. The Bertz CT molecular complexity index is 1220. The highest BCUT2D eigenvalue weighted by Gasteiger charge is 2.40. The van der Waals surface area contributed by atoms with Gasteiger partial charge in [0.05, 0.1) is 11.9 Å². The van der Waals surface area contributed by atoms with Crippen LogP contribution < -0.4 is 5.32 Å². The van der Waals surface area contributed by atoms with Gasteiger partial charge in [-0.05, 0) is 57.1 Å². The fraction of sp³-hybridized carbons (Fsp3) is 0.500. The van der Waals surface area contributed by atoms with E-state index in [1.165, 1.54) is 9.58 Å². The second-order valence-corrected chi connectivity index (χ2v) is 9.78. The lowest BCUT2D eigenvalue weighted by molar-refractivity contribution is -0.136. The Kier molecular flexibility index (Phi) is 5.66. The van der Waals surface area contributed by atoms with Crippen LogP contribution in [-0.4, -0.2) is 91.6 Å². The standard InChI is InChI=1S/C24H29N7O4/c1-4-28(3)24(2)9-10-29(14-24)23(35)18-13-31(27-26-18)16-5-6-17-15(11-16)12-30(22(17)34)19-7-8-20(32)25-21(19)33/h5-6,11,13,19H,4,7-10,12,14H2,1-3H3,(H,25,32,33). The maximum absolute atomic E-state index is 13.1. The minimum Gasteiger partial charge on any atom is -0.335 e. The smallest absolute Gasteiger partial charge is 0.276 e. The summed E-state index contributed by atoms with van der Waals surface area (Å²) in [4.78, 5) is 55.3. The Morgan fingerprint density at radius 3 is 2.83 bits per heavy atom. The van der Waals surface area contributed by atoms with Gasteiger partial charge in [-0.25, -0.2) is 4.68 Å². The predicted molar refractivity (Wildman–Crippen MR) is 125 cm³/mol. The summed E-state index contributed by atoms with van der Waals surface area (Å²) < 4.78 is 1.53. The van der Waals surface area contributed by atoms with Crippen LogP contribution in [0.5, 0.6) is 0 Å². The molecule has 3 aliphatic heterocycles. The Balaban J connectivity index is 1.31. The number of hydrogen-bond acceptors (Lipinski definition) is 7. The first-order valence-electron chi connectivity index (χ1n) is 11.9. The molecule has 1 aromatic carbocycles. The number of likely N-dealkylation sites (N-methyl/N-ethyl adjacent to an activating group) is 1. The summed E-state index contributed by atoms with van der Waals surface area (Å²) in [7, 11) is 2.07. The number of piperidine rings is 1. The lowest BCUT2D eigenvalue weighted by Crippen LogP contribution is -2.52. The van der Waals surface area contributed by atoms with Gasteiger partial charge in [0.1, 0.15) is 6.04 Å². The van der Waals surface area contributed by atoms with Crippen molar-refractivity contribution in [2.45, 2.75) is 51.2 Å². The molecule has 3 aliphatic rings. The lowest BCUT2D eigenvalue weighted by Gasteiger charge is -2.34. The summed E-state index contributed by atoms with van der Waals surface area (Å²) in [5.74, 6) is -1.13. The number of fused-ring (bicyclic) bond motifs is 1. The van der Waals surface area contributed by atoms with Crippen molar-refractivity contribution in [3.63, 3.8) is 0 Å². The first kappa shape index (κ1) is 23.2. The summed E-state index contributed by atoms with van der Waals surface area (Å²) in [5, 5.41) is 10.6. The first-order valence-corrected chi connectivity index (χ1v) is 11.9. The fourth-order valence-electron chi connectivity index (χ4n) is 5.17. The number of carbonyl (C=O) groups is 4. The minimum atomic E-state index is -0.662. The average Bonchev–Trinajstić information content (AvgIpc) is 3.56. The molecule has 0 bridgehead atoms. The molecule has 11 nitrogen and oxygen atoms in total. The summed E-state index contributed by atoms with van der Waals surface area (Å²) in [6.07, 6.45) is 3.04. The maximum atomic E-state index is 13.1. The molecule has 1 aromatic heterocycles. The van der Waals surface area contributed by atoms with Gasteiger partial charge >= 0.3 is 0 Å². The van der Waals surface area contributed by atoms with E-state index in [2.05, 4.69) is 41.4 Å². The Morgan fingerprint density at radius 2 is 2.09 bits per heavy atom. The van der Waals surface area contributed by atoms with Crippen LogP contribution >= 0.6 is 0 Å². The molecular weight excluding hydrogens is 450 g/mol. The number of rotatable bonds is 5. The van der Waals surface area contributed by atoms with E-state index >= 15 is 0 Å². The van der Waals surface area contributed by atoms with Crippen molar-refractivity contribution in [2.24, 2.45) is 0 Å². The quantitative estimate of drug-likeness (QED) is 0.623. The molecule has 0 aliphatic carbocycles. The molecule has 0 saturated carbocycles. The highest BCUT2D eigenvalue weighted by molar-refractivity contribution is 6.05. The van der Waals surface area contributed by atoms with Crippen LogP contribution in [0.25, 0.3) is 5.69 Å². The van der Waals surface area contributed by atoms with E-state index in [1.807, 2.05) is 11.0 Å². The molecule has 2 aromatic rings. The topological polar surface area (TPSA) is 121 Å². The fourth-order valence-corrected chi connectivity index (χ4v) is 5.17. The van der Waals surface area contributed by atoms with Crippen molar-refractivity contribution in [3.8, 4) is 5.69 Å². The third-order valence-corrected chi connectivity index (χ3v) is 7.62. The van der Waals surface area contributed by atoms with Gasteiger partial charge in [0, 0.05) is 37.2 Å². The van der Waals surface area contributed by atoms with Gasteiger partial charge in [-0.15, -0.1) is 5.10 Å². The summed E-state index contributed by atoms with van der Waals surface area (Å²) in [5.41, 5.74) is 2.17. The number of likely N-dealkylation sites (tertiary alicyclic amines) is 1. The molecule has 5 rings (SSSR count). The zero-order valence-electron chi connectivity index (χ0n) is 20.2. The highest BCUT2D eigenvalue weighted by Crippen LogP contribution is 2.30. The van der Waals surface area contributed by atoms with Crippen LogP contribution in [0.3, 0.4) is 0 Å². The molecular formula is C24H29N7O4. The Morgan fingerprint density at radius 1 is 1.29 bits per heavy atom. The molecule has 0 radical (unpaired) electrons. The summed E-state index contributed by atoms with van der Waals surface area (Å²) in [6.45, 7) is 6.77. The van der Waals surface area contributed by atoms with Gasteiger partial charge in [0.2, 0.25) is 11.8 Å².